The fourth-order valence-corrected chi connectivity index (χ4v) is 2.50. The van der Waals surface area contributed by atoms with Gasteiger partial charge in [-0.3, -0.25) is 14.5 Å². The molecule has 0 spiro atoms. The Balaban J connectivity index is 0.000000592. The van der Waals surface area contributed by atoms with Crippen molar-refractivity contribution in [2.24, 2.45) is 11.7 Å². The van der Waals surface area contributed by atoms with Crippen LogP contribution < -0.4 is 5.73 Å². The van der Waals surface area contributed by atoms with Crippen molar-refractivity contribution in [3.63, 3.8) is 0 Å². The van der Waals surface area contributed by atoms with E-state index in [4.69, 9.17) is 10.5 Å². The molecule has 1 heterocycles. The molecule has 0 radical (unpaired) electrons. The van der Waals surface area contributed by atoms with Gasteiger partial charge in [0.25, 0.3) is 0 Å². The molecule has 1 saturated carbocycles. The van der Waals surface area contributed by atoms with Crippen molar-refractivity contribution in [3.05, 3.63) is 104 Å². The summed E-state index contributed by atoms with van der Waals surface area (Å²) in [5, 5.41) is 0. The lowest BCUT2D eigenvalue weighted by molar-refractivity contribution is -0.139. The number of carbonyl (C=O) groups is 2. The summed E-state index contributed by atoms with van der Waals surface area (Å²) in [6.45, 7) is 8.19. The van der Waals surface area contributed by atoms with Gasteiger partial charge in [-0.05, 0) is 36.5 Å². The molecule has 0 saturated heterocycles. The Bertz CT molecular complexity index is 823. The molecule has 2 rings (SSSR count). The summed E-state index contributed by atoms with van der Waals surface area (Å²) in [5.74, 6) is 0.384. The maximum absolute atomic E-state index is 11.9. The van der Waals surface area contributed by atoms with Crippen LogP contribution in [-0.4, -0.2) is 29.9 Å². The Labute approximate surface area is 190 Å². The molecule has 1 aromatic heterocycles. The first kappa shape index (κ1) is 28.6. The molecule has 172 valence electrons. The fraction of sp³-hybridized carbons (Fsp3) is 0.269. The van der Waals surface area contributed by atoms with Crippen molar-refractivity contribution in [2.45, 2.75) is 25.7 Å². The number of aromatic nitrogens is 1. The molecule has 0 aliphatic heterocycles. The van der Waals surface area contributed by atoms with E-state index in [0.717, 1.165) is 5.56 Å². The van der Waals surface area contributed by atoms with Crippen LogP contribution in [0.25, 0.3) is 0 Å². The maximum Gasteiger partial charge on any atom is 0.330 e. The average molecular weight is 441 g/mol. The average Bonchev–Trinajstić information content (AvgIpc) is 2.74. The van der Waals surface area contributed by atoms with Gasteiger partial charge in [-0.1, -0.05) is 68.2 Å². The van der Waals surface area contributed by atoms with Crippen LogP contribution in [0.3, 0.4) is 0 Å². The lowest BCUT2D eigenvalue weighted by atomic mass is 9.86. The highest BCUT2D eigenvalue weighted by Crippen LogP contribution is 2.26. The third kappa shape index (κ3) is 13.0. The normalized spacial score (nSPS) is 13.7. The van der Waals surface area contributed by atoms with E-state index in [-0.39, 0.29) is 16.5 Å². The van der Waals surface area contributed by atoms with Crippen molar-refractivity contribution >= 4 is 11.8 Å². The van der Waals surface area contributed by atoms with Crippen LogP contribution in [0.1, 0.15) is 24.8 Å². The standard InChI is InChI=1S/C14H16N2O.C12H16O2.FH/c1-2-13(5-3-4-8-15)14(17)11-12-6-9-16-10-7-12;1-2-3-4-5-9-12(13)14-10-11-7-6-8-11;/h2-7,9-10H,1,8,11,15H2;2-5,9,11H,1,6-8,10H2;1H/b4-3+,13-5+;4-3-,9-5+;. The number of ketones is 1. The number of carbonyl (C=O) groups excluding carboxylic acids is 2. The monoisotopic (exact) mass is 440 g/mol. The van der Waals surface area contributed by atoms with E-state index in [9.17, 15) is 9.59 Å². The van der Waals surface area contributed by atoms with Gasteiger partial charge in [0.2, 0.25) is 0 Å². The van der Waals surface area contributed by atoms with E-state index in [1.54, 1.807) is 61.0 Å². The van der Waals surface area contributed by atoms with Gasteiger partial charge in [-0.15, -0.1) is 0 Å². The van der Waals surface area contributed by atoms with Crippen LogP contribution in [0.15, 0.2) is 97.9 Å². The molecule has 0 unspecified atom stereocenters. The molecule has 1 aliphatic rings. The second-order valence-electron chi connectivity index (χ2n) is 6.85. The second-order valence-corrected chi connectivity index (χ2v) is 6.85. The Morgan fingerprint density at radius 2 is 1.84 bits per heavy atom. The number of hydrogen-bond acceptors (Lipinski definition) is 5. The fourth-order valence-electron chi connectivity index (χ4n) is 2.50. The molecule has 0 atom stereocenters. The molecular weight excluding hydrogens is 407 g/mol. The molecule has 1 fully saturated rings. The van der Waals surface area contributed by atoms with Crippen molar-refractivity contribution in [1.82, 2.24) is 4.98 Å². The lowest BCUT2D eigenvalue weighted by Crippen LogP contribution is -2.19. The highest BCUT2D eigenvalue weighted by atomic mass is 19.0. The Kier molecular flexibility index (Phi) is 16.5. The maximum atomic E-state index is 11.9. The molecule has 0 aromatic carbocycles. The molecule has 1 aliphatic carbocycles. The number of pyridine rings is 1. The zero-order valence-electron chi connectivity index (χ0n) is 18.4. The summed E-state index contributed by atoms with van der Waals surface area (Å²) in [5.41, 5.74) is 6.86. The quantitative estimate of drug-likeness (QED) is 0.309. The van der Waals surface area contributed by atoms with Crippen molar-refractivity contribution in [3.8, 4) is 0 Å². The third-order valence-electron chi connectivity index (χ3n) is 4.48. The summed E-state index contributed by atoms with van der Waals surface area (Å²) < 4.78 is 5.04. The zero-order valence-corrected chi connectivity index (χ0v) is 18.4. The van der Waals surface area contributed by atoms with E-state index in [0.29, 0.717) is 31.1 Å². The number of rotatable bonds is 11. The number of nitrogens with zero attached hydrogens (tertiary/aromatic N) is 1. The van der Waals surface area contributed by atoms with Crippen molar-refractivity contribution in [1.29, 1.82) is 0 Å². The highest BCUT2D eigenvalue weighted by molar-refractivity contribution is 5.99. The third-order valence-corrected chi connectivity index (χ3v) is 4.48. The van der Waals surface area contributed by atoms with Gasteiger partial charge < -0.3 is 10.5 Å². The molecule has 0 amide bonds. The molecular formula is C26H33FN2O3. The van der Waals surface area contributed by atoms with Crippen LogP contribution >= 0.6 is 0 Å². The van der Waals surface area contributed by atoms with E-state index in [1.165, 1.54) is 25.3 Å². The topological polar surface area (TPSA) is 82.3 Å². The minimum absolute atomic E-state index is 0. The largest absolute Gasteiger partial charge is 0.462 e. The summed E-state index contributed by atoms with van der Waals surface area (Å²) >= 11 is 0. The number of nitrogens with two attached hydrogens (primary N) is 1. The number of ether oxygens (including phenoxy) is 1. The van der Waals surface area contributed by atoms with Gasteiger partial charge in [0.1, 0.15) is 0 Å². The SMILES string of the molecule is C=C/C(=C\C=C\CN)C(=O)Cc1ccncc1.C=C/C=C\C=C\C(=O)OCC1CCC1.F. The molecule has 2 N–H and O–H groups in total. The van der Waals surface area contributed by atoms with Gasteiger partial charge >= 0.3 is 5.97 Å². The molecule has 5 nitrogen and oxygen atoms in total. The Morgan fingerprint density at radius 3 is 2.41 bits per heavy atom. The van der Waals surface area contributed by atoms with E-state index < -0.39 is 0 Å². The summed E-state index contributed by atoms with van der Waals surface area (Å²) in [6.07, 6.45) is 22.5. The van der Waals surface area contributed by atoms with Crippen LogP contribution in [0, 0.1) is 5.92 Å². The number of halogens is 1. The number of hydrogen-bond donors (Lipinski definition) is 1. The summed E-state index contributed by atoms with van der Waals surface area (Å²) in [6, 6.07) is 3.66. The van der Waals surface area contributed by atoms with Crippen LogP contribution in [0.5, 0.6) is 0 Å². The molecule has 1 aromatic rings. The van der Waals surface area contributed by atoms with Gasteiger partial charge in [-0.2, -0.15) is 0 Å². The van der Waals surface area contributed by atoms with Gasteiger partial charge in [0.15, 0.2) is 5.78 Å². The van der Waals surface area contributed by atoms with E-state index >= 15 is 0 Å². The van der Waals surface area contributed by atoms with E-state index in [1.807, 2.05) is 12.1 Å². The van der Waals surface area contributed by atoms with Crippen molar-refractivity contribution in [2.75, 3.05) is 13.2 Å². The minimum atomic E-state index is -0.259. The Morgan fingerprint density at radius 1 is 1.12 bits per heavy atom. The van der Waals surface area contributed by atoms with Crippen LogP contribution in [0.2, 0.25) is 0 Å². The van der Waals surface area contributed by atoms with Crippen molar-refractivity contribution < 1.29 is 19.0 Å². The predicted octanol–water partition coefficient (Wildman–Crippen LogP) is 4.60. The smallest absolute Gasteiger partial charge is 0.330 e. The second kappa shape index (κ2) is 18.4. The summed E-state index contributed by atoms with van der Waals surface area (Å²) in [4.78, 5) is 26.9. The van der Waals surface area contributed by atoms with Crippen LogP contribution in [-0.2, 0) is 20.7 Å². The Hall–Kier alpha value is -3.38. The zero-order chi connectivity index (χ0) is 22.7. The summed E-state index contributed by atoms with van der Waals surface area (Å²) in [7, 11) is 0. The molecule has 0 bridgehead atoms. The highest BCUT2D eigenvalue weighted by Gasteiger charge is 2.18. The molecule has 6 heteroatoms. The minimum Gasteiger partial charge on any atom is -0.462 e. The first-order chi connectivity index (χ1) is 15.1. The van der Waals surface area contributed by atoms with E-state index in [2.05, 4.69) is 18.1 Å². The first-order valence-corrected chi connectivity index (χ1v) is 10.3. The van der Waals surface area contributed by atoms with Gasteiger partial charge in [-0.25, -0.2) is 4.79 Å². The molecule has 32 heavy (non-hydrogen) atoms. The predicted molar refractivity (Wildman–Crippen MR) is 129 cm³/mol. The first-order valence-electron chi connectivity index (χ1n) is 10.3. The number of Topliss-reactive ketones (excluding diaryl/α,β-unsaturated/α-hetero) is 1. The number of allylic oxidation sites excluding steroid dienone is 8. The number of esters is 1. The van der Waals surface area contributed by atoms with Gasteiger partial charge in [0, 0.05) is 37.0 Å². The van der Waals surface area contributed by atoms with Crippen LogP contribution in [0.4, 0.5) is 4.70 Å². The lowest BCUT2D eigenvalue weighted by Gasteiger charge is -2.24. The van der Waals surface area contributed by atoms with Gasteiger partial charge in [0.05, 0.1) is 6.61 Å².